The lowest BCUT2D eigenvalue weighted by atomic mass is 9.92. The van der Waals surface area contributed by atoms with Gasteiger partial charge >= 0.3 is 0 Å². The zero-order valence-corrected chi connectivity index (χ0v) is 12.5. The summed E-state index contributed by atoms with van der Waals surface area (Å²) in [6.45, 7) is 4.53. The van der Waals surface area contributed by atoms with Crippen molar-refractivity contribution in [2.24, 2.45) is 5.92 Å². The summed E-state index contributed by atoms with van der Waals surface area (Å²) in [5.74, 6) is 0.0553. The Labute approximate surface area is 120 Å². The van der Waals surface area contributed by atoms with Gasteiger partial charge in [0, 0.05) is 11.6 Å². The third kappa shape index (κ3) is 3.78. The fourth-order valence-corrected chi connectivity index (χ4v) is 3.15. The summed E-state index contributed by atoms with van der Waals surface area (Å²) in [7, 11) is 0. The molecule has 1 saturated carbocycles. The van der Waals surface area contributed by atoms with Crippen molar-refractivity contribution in [2.45, 2.75) is 58.4 Å². The molecule has 0 radical (unpaired) electrons. The Bertz CT molecular complexity index is 439. The van der Waals surface area contributed by atoms with Crippen LogP contribution in [0.1, 0.15) is 62.6 Å². The van der Waals surface area contributed by atoms with Crippen LogP contribution in [0.5, 0.6) is 0 Å². The van der Waals surface area contributed by atoms with Gasteiger partial charge in [0.15, 0.2) is 0 Å². The number of hydrogen-bond donors (Lipinski definition) is 1. The highest BCUT2D eigenvalue weighted by molar-refractivity contribution is 5.27. The average molecular weight is 281 g/mol. The SMILES string of the molecule is CCCNC(CC1CCCC1)c1cc(F)c(C)cc1F. The van der Waals surface area contributed by atoms with E-state index < -0.39 is 0 Å². The van der Waals surface area contributed by atoms with Crippen LogP contribution in [0, 0.1) is 24.5 Å². The van der Waals surface area contributed by atoms with Gasteiger partial charge in [0.2, 0.25) is 0 Å². The standard InChI is InChI=1S/C17H25F2N/c1-3-8-20-17(10-13-6-4-5-7-13)14-11-15(18)12(2)9-16(14)19/h9,11,13,17,20H,3-8,10H2,1-2H3. The molecule has 1 nitrogen and oxygen atoms in total. The van der Waals surface area contributed by atoms with Crippen molar-refractivity contribution >= 4 is 0 Å². The zero-order valence-electron chi connectivity index (χ0n) is 12.5. The molecule has 1 unspecified atom stereocenters. The van der Waals surface area contributed by atoms with Crippen LogP contribution in [0.15, 0.2) is 12.1 Å². The molecule has 0 heterocycles. The van der Waals surface area contributed by atoms with E-state index in [1.807, 2.05) is 0 Å². The normalized spacial score (nSPS) is 17.6. The molecule has 2 rings (SSSR count). The molecule has 1 aromatic carbocycles. The van der Waals surface area contributed by atoms with Crippen molar-refractivity contribution in [3.05, 3.63) is 34.9 Å². The summed E-state index contributed by atoms with van der Waals surface area (Å²) < 4.78 is 27.9. The predicted molar refractivity (Wildman–Crippen MR) is 78.7 cm³/mol. The topological polar surface area (TPSA) is 12.0 Å². The molecule has 1 atom stereocenters. The Kier molecular flexibility index (Phi) is 5.53. The van der Waals surface area contributed by atoms with E-state index in [1.54, 1.807) is 6.92 Å². The van der Waals surface area contributed by atoms with Gasteiger partial charge in [0.05, 0.1) is 0 Å². The molecule has 20 heavy (non-hydrogen) atoms. The number of nitrogens with one attached hydrogen (secondary N) is 1. The Hall–Kier alpha value is -0.960. The van der Waals surface area contributed by atoms with Crippen LogP contribution in [0.2, 0.25) is 0 Å². The largest absolute Gasteiger partial charge is 0.310 e. The van der Waals surface area contributed by atoms with Gasteiger partial charge in [-0.25, -0.2) is 8.78 Å². The summed E-state index contributed by atoms with van der Waals surface area (Å²) in [6.07, 6.45) is 6.91. The Morgan fingerprint density at radius 1 is 1.20 bits per heavy atom. The molecule has 1 N–H and O–H groups in total. The first-order chi connectivity index (χ1) is 9.61. The first kappa shape index (κ1) is 15.4. The first-order valence-corrected chi connectivity index (χ1v) is 7.80. The van der Waals surface area contributed by atoms with Crippen LogP contribution in [0.4, 0.5) is 8.78 Å². The first-order valence-electron chi connectivity index (χ1n) is 7.80. The van der Waals surface area contributed by atoms with Gasteiger partial charge < -0.3 is 5.32 Å². The Balaban J connectivity index is 2.18. The third-order valence-electron chi connectivity index (χ3n) is 4.34. The number of hydrogen-bond acceptors (Lipinski definition) is 1. The molecule has 0 aliphatic heterocycles. The molecule has 3 heteroatoms. The van der Waals surface area contributed by atoms with Crippen LogP contribution < -0.4 is 5.32 Å². The maximum absolute atomic E-state index is 14.2. The fourth-order valence-electron chi connectivity index (χ4n) is 3.15. The lowest BCUT2D eigenvalue weighted by Crippen LogP contribution is -2.25. The van der Waals surface area contributed by atoms with Crippen LogP contribution >= 0.6 is 0 Å². The highest BCUT2D eigenvalue weighted by Gasteiger charge is 2.23. The molecular formula is C17H25F2N. The second-order valence-electron chi connectivity index (χ2n) is 6.02. The third-order valence-corrected chi connectivity index (χ3v) is 4.34. The lowest BCUT2D eigenvalue weighted by Gasteiger charge is -2.23. The minimum Gasteiger partial charge on any atom is -0.310 e. The molecule has 0 bridgehead atoms. The van der Waals surface area contributed by atoms with Crippen molar-refractivity contribution in [1.29, 1.82) is 0 Å². The number of aryl methyl sites for hydroxylation is 1. The number of benzene rings is 1. The minimum atomic E-state index is -0.309. The smallest absolute Gasteiger partial charge is 0.128 e. The van der Waals surface area contributed by atoms with Crippen molar-refractivity contribution in [1.82, 2.24) is 5.32 Å². The van der Waals surface area contributed by atoms with Gasteiger partial charge in [0.25, 0.3) is 0 Å². The van der Waals surface area contributed by atoms with Crippen LogP contribution in [-0.4, -0.2) is 6.54 Å². The van der Waals surface area contributed by atoms with Crippen molar-refractivity contribution < 1.29 is 8.78 Å². The summed E-state index contributed by atoms with van der Waals surface area (Å²) >= 11 is 0. The van der Waals surface area contributed by atoms with Crippen LogP contribution in [0.25, 0.3) is 0 Å². The van der Waals surface area contributed by atoms with E-state index in [9.17, 15) is 8.78 Å². The Morgan fingerprint density at radius 3 is 2.55 bits per heavy atom. The van der Waals surface area contributed by atoms with Gasteiger partial charge in [-0.05, 0) is 49.9 Å². The fraction of sp³-hybridized carbons (Fsp3) is 0.647. The van der Waals surface area contributed by atoms with E-state index in [0.29, 0.717) is 17.0 Å². The van der Waals surface area contributed by atoms with E-state index in [2.05, 4.69) is 12.2 Å². The molecule has 0 amide bonds. The monoisotopic (exact) mass is 281 g/mol. The quantitative estimate of drug-likeness (QED) is 0.782. The molecule has 0 aromatic heterocycles. The van der Waals surface area contributed by atoms with Crippen molar-refractivity contribution in [3.63, 3.8) is 0 Å². The van der Waals surface area contributed by atoms with Gasteiger partial charge in [-0.3, -0.25) is 0 Å². The minimum absolute atomic E-state index is 0.0619. The van der Waals surface area contributed by atoms with E-state index >= 15 is 0 Å². The maximum atomic E-state index is 14.2. The number of rotatable bonds is 6. The van der Waals surface area contributed by atoms with Gasteiger partial charge in [0.1, 0.15) is 11.6 Å². The average Bonchev–Trinajstić information content (AvgIpc) is 2.92. The predicted octanol–water partition coefficient (Wildman–Crippen LogP) is 4.89. The van der Waals surface area contributed by atoms with Crippen LogP contribution in [0.3, 0.4) is 0 Å². The number of halogens is 2. The van der Waals surface area contributed by atoms with Crippen molar-refractivity contribution in [2.75, 3.05) is 6.54 Å². The molecule has 1 fully saturated rings. The van der Waals surface area contributed by atoms with E-state index in [4.69, 9.17) is 0 Å². The summed E-state index contributed by atoms with van der Waals surface area (Å²) in [6, 6.07) is 2.64. The van der Waals surface area contributed by atoms with Gasteiger partial charge in [-0.1, -0.05) is 32.6 Å². The summed E-state index contributed by atoms with van der Waals surface area (Å²) in [5.41, 5.74) is 0.870. The molecule has 1 aromatic rings. The molecule has 1 aliphatic carbocycles. The van der Waals surface area contributed by atoms with E-state index in [0.717, 1.165) is 19.4 Å². The second kappa shape index (κ2) is 7.16. The molecule has 112 valence electrons. The molecule has 0 saturated heterocycles. The lowest BCUT2D eigenvalue weighted by molar-refractivity contribution is 0.384. The van der Waals surface area contributed by atoms with Crippen LogP contribution in [-0.2, 0) is 0 Å². The Morgan fingerprint density at radius 2 is 1.90 bits per heavy atom. The second-order valence-corrected chi connectivity index (χ2v) is 6.02. The summed E-state index contributed by atoms with van der Waals surface area (Å²) in [5, 5.41) is 3.39. The maximum Gasteiger partial charge on any atom is 0.128 e. The van der Waals surface area contributed by atoms with E-state index in [1.165, 1.54) is 37.8 Å². The van der Waals surface area contributed by atoms with E-state index in [-0.39, 0.29) is 17.7 Å². The highest BCUT2D eigenvalue weighted by atomic mass is 19.1. The summed E-state index contributed by atoms with van der Waals surface area (Å²) in [4.78, 5) is 0. The van der Waals surface area contributed by atoms with Gasteiger partial charge in [-0.15, -0.1) is 0 Å². The van der Waals surface area contributed by atoms with Crippen molar-refractivity contribution in [3.8, 4) is 0 Å². The molecule has 0 spiro atoms. The molecular weight excluding hydrogens is 256 g/mol. The molecule has 1 aliphatic rings. The van der Waals surface area contributed by atoms with Gasteiger partial charge in [-0.2, -0.15) is 0 Å². The highest BCUT2D eigenvalue weighted by Crippen LogP contribution is 2.34. The zero-order chi connectivity index (χ0) is 14.5.